The van der Waals surface area contributed by atoms with Crippen molar-refractivity contribution in [2.75, 3.05) is 6.54 Å². The number of imidazole rings is 1. The summed E-state index contributed by atoms with van der Waals surface area (Å²) in [6.07, 6.45) is 1.69. The quantitative estimate of drug-likeness (QED) is 0.687. The predicted molar refractivity (Wildman–Crippen MR) is 97.5 cm³/mol. The number of fused-ring (bicyclic) bond motifs is 1. The Labute approximate surface area is 146 Å². The van der Waals surface area contributed by atoms with Crippen molar-refractivity contribution in [2.45, 2.75) is 26.3 Å². The topological polar surface area (TPSA) is 46.9 Å². The van der Waals surface area contributed by atoms with Crippen LogP contribution in [-0.2, 0) is 13.0 Å². The Hall–Kier alpha value is -2.33. The first kappa shape index (κ1) is 16.5. The third-order valence-electron chi connectivity index (χ3n) is 4.02. The summed E-state index contributed by atoms with van der Waals surface area (Å²) in [5.41, 5.74) is 2.82. The maximum atomic E-state index is 12.1. The first-order valence-electron chi connectivity index (χ1n) is 8.17. The fourth-order valence-electron chi connectivity index (χ4n) is 2.82. The van der Waals surface area contributed by atoms with Gasteiger partial charge in [0.15, 0.2) is 0 Å². The highest BCUT2D eigenvalue weighted by atomic mass is 35.5. The molecule has 0 radical (unpaired) electrons. The molecule has 1 amide bonds. The average molecular weight is 342 g/mol. The molecule has 0 unspecified atom stereocenters. The predicted octanol–water partition coefficient (Wildman–Crippen LogP) is 4.07. The van der Waals surface area contributed by atoms with Crippen molar-refractivity contribution in [1.29, 1.82) is 0 Å². The summed E-state index contributed by atoms with van der Waals surface area (Å²) in [6, 6.07) is 15.1. The van der Waals surface area contributed by atoms with Gasteiger partial charge in [-0.05, 0) is 49.7 Å². The van der Waals surface area contributed by atoms with Crippen LogP contribution in [0.25, 0.3) is 11.0 Å². The normalized spacial score (nSPS) is 10.9. The molecule has 0 saturated carbocycles. The zero-order valence-electron chi connectivity index (χ0n) is 13.6. The molecule has 2 aromatic carbocycles. The Morgan fingerprint density at radius 1 is 1.17 bits per heavy atom. The summed E-state index contributed by atoms with van der Waals surface area (Å²) in [6.45, 7) is 3.64. The van der Waals surface area contributed by atoms with E-state index < -0.39 is 0 Å². The van der Waals surface area contributed by atoms with Crippen LogP contribution < -0.4 is 5.32 Å². The highest BCUT2D eigenvalue weighted by Gasteiger charge is 2.09. The van der Waals surface area contributed by atoms with Gasteiger partial charge in [-0.1, -0.05) is 23.7 Å². The summed E-state index contributed by atoms with van der Waals surface area (Å²) < 4.78 is 2.23. The molecule has 1 heterocycles. The van der Waals surface area contributed by atoms with Gasteiger partial charge in [0, 0.05) is 30.1 Å². The number of halogens is 1. The Balaban J connectivity index is 1.57. The van der Waals surface area contributed by atoms with Gasteiger partial charge in [-0.3, -0.25) is 4.79 Å². The van der Waals surface area contributed by atoms with Gasteiger partial charge >= 0.3 is 0 Å². The van der Waals surface area contributed by atoms with Crippen LogP contribution in [0.4, 0.5) is 0 Å². The lowest BCUT2D eigenvalue weighted by Crippen LogP contribution is -2.24. The first-order chi connectivity index (χ1) is 11.7. The van der Waals surface area contributed by atoms with E-state index in [-0.39, 0.29) is 5.91 Å². The molecule has 0 aliphatic heterocycles. The summed E-state index contributed by atoms with van der Waals surface area (Å²) >= 11 is 5.83. The van der Waals surface area contributed by atoms with Gasteiger partial charge in [-0.25, -0.2) is 4.98 Å². The Morgan fingerprint density at radius 3 is 2.67 bits per heavy atom. The van der Waals surface area contributed by atoms with E-state index in [2.05, 4.69) is 22.9 Å². The SMILES string of the molecule is CCn1c(CCCNC(=O)c2ccc(Cl)cc2)nc2ccccc21. The third kappa shape index (κ3) is 3.60. The van der Waals surface area contributed by atoms with Crippen molar-refractivity contribution < 1.29 is 4.79 Å². The second-order valence-corrected chi connectivity index (χ2v) is 6.06. The van der Waals surface area contributed by atoms with Gasteiger partial charge in [0.25, 0.3) is 5.91 Å². The number of hydrogen-bond acceptors (Lipinski definition) is 2. The Bertz CT molecular complexity index is 839. The van der Waals surface area contributed by atoms with Crippen LogP contribution in [0.2, 0.25) is 5.02 Å². The van der Waals surface area contributed by atoms with Crippen molar-refractivity contribution in [2.24, 2.45) is 0 Å². The molecule has 3 rings (SSSR count). The molecule has 0 bridgehead atoms. The molecule has 0 aliphatic rings. The number of amides is 1. The van der Waals surface area contributed by atoms with Gasteiger partial charge in [-0.15, -0.1) is 0 Å². The average Bonchev–Trinajstić information content (AvgIpc) is 2.96. The first-order valence-corrected chi connectivity index (χ1v) is 8.54. The molecule has 4 nitrogen and oxygen atoms in total. The number of carbonyl (C=O) groups is 1. The number of benzene rings is 2. The van der Waals surface area contributed by atoms with Gasteiger partial charge in [0.1, 0.15) is 5.82 Å². The van der Waals surface area contributed by atoms with Crippen LogP contribution in [0.1, 0.15) is 29.5 Å². The summed E-state index contributed by atoms with van der Waals surface area (Å²) in [5.74, 6) is 0.995. The van der Waals surface area contributed by atoms with Crippen molar-refractivity contribution in [3.63, 3.8) is 0 Å². The van der Waals surface area contributed by atoms with E-state index in [1.165, 1.54) is 5.52 Å². The Kier molecular flexibility index (Phi) is 5.16. The molecule has 0 fully saturated rings. The highest BCUT2D eigenvalue weighted by Crippen LogP contribution is 2.16. The minimum Gasteiger partial charge on any atom is -0.352 e. The lowest BCUT2D eigenvalue weighted by Gasteiger charge is -2.07. The van der Waals surface area contributed by atoms with E-state index in [1.807, 2.05) is 18.2 Å². The molecule has 0 atom stereocenters. The number of hydrogen-bond donors (Lipinski definition) is 1. The lowest BCUT2D eigenvalue weighted by molar-refractivity contribution is 0.0953. The summed E-state index contributed by atoms with van der Waals surface area (Å²) in [5, 5.41) is 3.57. The van der Waals surface area contributed by atoms with Crippen LogP contribution in [0.15, 0.2) is 48.5 Å². The van der Waals surface area contributed by atoms with E-state index in [0.29, 0.717) is 17.1 Å². The molecule has 3 aromatic rings. The Morgan fingerprint density at radius 2 is 1.92 bits per heavy atom. The van der Waals surface area contributed by atoms with Crippen LogP contribution in [0.3, 0.4) is 0 Å². The number of nitrogens with zero attached hydrogens (tertiary/aromatic N) is 2. The van der Waals surface area contributed by atoms with Crippen molar-refractivity contribution in [3.05, 3.63) is 64.9 Å². The van der Waals surface area contributed by atoms with E-state index in [1.54, 1.807) is 24.3 Å². The van der Waals surface area contributed by atoms with Crippen molar-refractivity contribution >= 4 is 28.5 Å². The van der Waals surface area contributed by atoms with E-state index in [0.717, 1.165) is 30.7 Å². The van der Waals surface area contributed by atoms with E-state index in [9.17, 15) is 4.79 Å². The summed E-state index contributed by atoms with van der Waals surface area (Å²) in [4.78, 5) is 16.8. The molecule has 1 aromatic heterocycles. The largest absolute Gasteiger partial charge is 0.352 e. The molecule has 1 N–H and O–H groups in total. The third-order valence-corrected chi connectivity index (χ3v) is 4.27. The number of rotatable bonds is 6. The number of carbonyl (C=O) groups excluding carboxylic acids is 1. The molecule has 0 aliphatic carbocycles. The van der Waals surface area contributed by atoms with Crippen LogP contribution in [0.5, 0.6) is 0 Å². The van der Waals surface area contributed by atoms with Gasteiger partial charge < -0.3 is 9.88 Å². The van der Waals surface area contributed by atoms with Crippen molar-refractivity contribution in [1.82, 2.24) is 14.9 Å². The van der Waals surface area contributed by atoms with Gasteiger partial charge in [-0.2, -0.15) is 0 Å². The monoisotopic (exact) mass is 341 g/mol. The van der Waals surface area contributed by atoms with Gasteiger partial charge in [0.2, 0.25) is 0 Å². The smallest absolute Gasteiger partial charge is 0.251 e. The molecular weight excluding hydrogens is 322 g/mol. The number of para-hydroxylation sites is 2. The molecule has 0 spiro atoms. The molecule has 24 heavy (non-hydrogen) atoms. The summed E-state index contributed by atoms with van der Waals surface area (Å²) in [7, 11) is 0. The minimum atomic E-state index is -0.0735. The van der Waals surface area contributed by atoms with Gasteiger partial charge in [0.05, 0.1) is 11.0 Å². The number of aryl methyl sites for hydroxylation is 2. The standard InChI is InChI=1S/C19H20ClN3O/c1-2-23-17-7-4-3-6-16(17)22-18(23)8-5-13-21-19(24)14-9-11-15(20)12-10-14/h3-4,6-7,9-12H,2,5,8,13H2,1H3,(H,21,24). The van der Waals surface area contributed by atoms with E-state index >= 15 is 0 Å². The molecule has 0 saturated heterocycles. The second kappa shape index (κ2) is 7.49. The highest BCUT2D eigenvalue weighted by molar-refractivity contribution is 6.30. The van der Waals surface area contributed by atoms with E-state index in [4.69, 9.17) is 16.6 Å². The maximum Gasteiger partial charge on any atom is 0.251 e. The van der Waals surface area contributed by atoms with Crippen molar-refractivity contribution in [3.8, 4) is 0 Å². The number of aromatic nitrogens is 2. The molecular formula is C19H20ClN3O. The maximum absolute atomic E-state index is 12.1. The zero-order chi connectivity index (χ0) is 16.9. The minimum absolute atomic E-state index is 0.0735. The van der Waals surface area contributed by atoms with Crippen LogP contribution >= 0.6 is 11.6 Å². The number of nitrogens with one attached hydrogen (secondary N) is 1. The second-order valence-electron chi connectivity index (χ2n) is 5.63. The van der Waals surface area contributed by atoms with Crippen LogP contribution in [-0.4, -0.2) is 22.0 Å². The zero-order valence-corrected chi connectivity index (χ0v) is 14.4. The van der Waals surface area contributed by atoms with Crippen LogP contribution in [0, 0.1) is 0 Å². The lowest BCUT2D eigenvalue weighted by atomic mass is 10.2. The fourth-order valence-corrected chi connectivity index (χ4v) is 2.95. The molecule has 5 heteroatoms. The molecule has 124 valence electrons. The fraction of sp³-hybridized carbons (Fsp3) is 0.263.